The Hall–Kier alpha value is -2.14. The molecule has 0 amide bonds. The summed E-state index contributed by atoms with van der Waals surface area (Å²) in [4.78, 5) is 0. The van der Waals surface area contributed by atoms with E-state index in [1.54, 1.807) is 18.2 Å². The minimum Gasteiger partial charge on any atom is -0.496 e. The van der Waals surface area contributed by atoms with Gasteiger partial charge in [-0.05, 0) is 29.8 Å². The molecule has 0 saturated heterocycles. The molecule has 3 nitrogen and oxygen atoms in total. The molecular formula is C15H15F2NO2. The summed E-state index contributed by atoms with van der Waals surface area (Å²) < 4.78 is 36.8. The predicted octanol–water partition coefficient (Wildman–Crippen LogP) is 3.03. The van der Waals surface area contributed by atoms with Crippen molar-refractivity contribution < 1.29 is 18.3 Å². The van der Waals surface area contributed by atoms with Crippen LogP contribution in [0.25, 0.3) is 0 Å². The quantitative estimate of drug-likeness (QED) is 0.935. The van der Waals surface area contributed by atoms with Gasteiger partial charge in [-0.25, -0.2) is 8.78 Å². The summed E-state index contributed by atoms with van der Waals surface area (Å²) in [7, 11) is 3.02. The highest BCUT2D eigenvalue weighted by atomic mass is 19.2. The second kappa shape index (κ2) is 5.88. The topological polar surface area (TPSA) is 44.5 Å². The molecule has 20 heavy (non-hydrogen) atoms. The molecule has 0 bridgehead atoms. The molecule has 0 fully saturated rings. The van der Waals surface area contributed by atoms with Crippen molar-refractivity contribution in [1.82, 2.24) is 0 Å². The average Bonchev–Trinajstić information content (AvgIpc) is 2.48. The lowest BCUT2D eigenvalue weighted by Gasteiger charge is -2.19. The third kappa shape index (κ3) is 2.58. The van der Waals surface area contributed by atoms with Crippen LogP contribution in [0.2, 0.25) is 0 Å². The van der Waals surface area contributed by atoms with E-state index in [0.717, 1.165) is 12.1 Å². The first-order chi connectivity index (χ1) is 9.58. The second-order valence-electron chi connectivity index (χ2n) is 4.23. The van der Waals surface area contributed by atoms with Crippen LogP contribution in [0, 0.1) is 11.6 Å². The van der Waals surface area contributed by atoms with E-state index in [9.17, 15) is 8.78 Å². The van der Waals surface area contributed by atoms with Gasteiger partial charge < -0.3 is 15.2 Å². The average molecular weight is 279 g/mol. The maximum Gasteiger partial charge on any atom is 0.159 e. The Balaban J connectivity index is 2.51. The van der Waals surface area contributed by atoms with Gasteiger partial charge in [0.2, 0.25) is 0 Å². The number of halogens is 2. The third-order valence-corrected chi connectivity index (χ3v) is 3.08. The summed E-state index contributed by atoms with van der Waals surface area (Å²) in [6.07, 6.45) is 0. The number of methoxy groups -OCH3 is 2. The van der Waals surface area contributed by atoms with Gasteiger partial charge in [0.15, 0.2) is 11.6 Å². The summed E-state index contributed by atoms with van der Waals surface area (Å²) in [5.74, 6) is -0.789. The maximum atomic E-state index is 13.3. The fourth-order valence-electron chi connectivity index (χ4n) is 2.06. The zero-order valence-electron chi connectivity index (χ0n) is 11.2. The molecule has 2 rings (SSSR count). The molecular weight excluding hydrogens is 264 g/mol. The van der Waals surface area contributed by atoms with E-state index in [2.05, 4.69) is 0 Å². The zero-order chi connectivity index (χ0) is 14.7. The number of ether oxygens (including phenoxy) is 2. The van der Waals surface area contributed by atoms with Crippen LogP contribution in [0.5, 0.6) is 11.5 Å². The van der Waals surface area contributed by atoms with E-state index < -0.39 is 17.7 Å². The summed E-state index contributed by atoms with van der Waals surface area (Å²) in [6, 6.07) is 8.11. The molecule has 0 aliphatic rings. The highest BCUT2D eigenvalue weighted by Gasteiger charge is 2.20. The Morgan fingerprint density at radius 3 is 2.05 bits per heavy atom. The van der Waals surface area contributed by atoms with Crippen molar-refractivity contribution in [1.29, 1.82) is 0 Å². The molecule has 106 valence electrons. The molecule has 0 saturated carbocycles. The van der Waals surface area contributed by atoms with Crippen LogP contribution in [0.4, 0.5) is 8.78 Å². The van der Waals surface area contributed by atoms with Gasteiger partial charge in [0.1, 0.15) is 11.5 Å². The molecule has 1 atom stereocenters. The van der Waals surface area contributed by atoms with Crippen LogP contribution in [0.3, 0.4) is 0 Å². The first-order valence-electron chi connectivity index (χ1n) is 6.00. The van der Waals surface area contributed by atoms with E-state index in [-0.39, 0.29) is 0 Å². The van der Waals surface area contributed by atoms with Crippen LogP contribution in [0.15, 0.2) is 36.4 Å². The third-order valence-electron chi connectivity index (χ3n) is 3.08. The smallest absolute Gasteiger partial charge is 0.159 e. The minimum absolute atomic E-state index is 0.437. The predicted molar refractivity (Wildman–Crippen MR) is 71.9 cm³/mol. The molecule has 0 spiro atoms. The van der Waals surface area contributed by atoms with Gasteiger partial charge in [0.05, 0.1) is 25.8 Å². The Bertz CT molecular complexity index is 595. The summed E-state index contributed by atoms with van der Waals surface area (Å²) in [5.41, 5.74) is 7.16. The first kappa shape index (κ1) is 14.3. The van der Waals surface area contributed by atoms with Crippen LogP contribution >= 0.6 is 0 Å². The van der Waals surface area contributed by atoms with Gasteiger partial charge in [-0.3, -0.25) is 0 Å². The summed E-state index contributed by atoms with van der Waals surface area (Å²) in [6.45, 7) is 0. The van der Waals surface area contributed by atoms with Crippen LogP contribution in [-0.2, 0) is 0 Å². The minimum atomic E-state index is -0.938. The largest absolute Gasteiger partial charge is 0.496 e. The molecule has 0 aliphatic carbocycles. The first-order valence-corrected chi connectivity index (χ1v) is 6.00. The lowest BCUT2D eigenvalue weighted by Crippen LogP contribution is -2.15. The molecule has 0 heterocycles. The maximum absolute atomic E-state index is 13.3. The standard InChI is InChI=1S/C15H15F2NO2/c1-19-12-4-3-5-13(20-2)14(12)15(18)9-6-7-10(16)11(17)8-9/h3-8,15H,18H2,1-2H3. The van der Waals surface area contributed by atoms with Crippen LogP contribution in [-0.4, -0.2) is 14.2 Å². The fraction of sp³-hybridized carbons (Fsp3) is 0.200. The highest BCUT2D eigenvalue weighted by molar-refractivity contribution is 5.50. The van der Waals surface area contributed by atoms with Crippen molar-refractivity contribution in [3.63, 3.8) is 0 Å². The van der Waals surface area contributed by atoms with Gasteiger partial charge >= 0.3 is 0 Å². The fourth-order valence-corrected chi connectivity index (χ4v) is 2.06. The number of hydrogen-bond acceptors (Lipinski definition) is 3. The highest BCUT2D eigenvalue weighted by Crippen LogP contribution is 2.36. The summed E-state index contributed by atoms with van der Waals surface area (Å²) in [5, 5.41) is 0. The molecule has 2 aromatic rings. The molecule has 1 unspecified atom stereocenters. The lowest BCUT2D eigenvalue weighted by atomic mass is 9.97. The Morgan fingerprint density at radius 1 is 0.950 bits per heavy atom. The molecule has 0 aliphatic heterocycles. The van der Waals surface area contributed by atoms with Crippen molar-refractivity contribution in [2.75, 3.05) is 14.2 Å². The van der Waals surface area contributed by atoms with Crippen molar-refractivity contribution in [2.45, 2.75) is 6.04 Å². The Kier molecular flexibility index (Phi) is 4.20. The summed E-state index contributed by atoms with van der Waals surface area (Å²) >= 11 is 0. The Morgan fingerprint density at radius 2 is 1.55 bits per heavy atom. The normalized spacial score (nSPS) is 12.1. The monoisotopic (exact) mass is 279 g/mol. The lowest BCUT2D eigenvalue weighted by molar-refractivity contribution is 0.382. The number of benzene rings is 2. The van der Waals surface area contributed by atoms with Gasteiger partial charge in [-0.1, -0.05) is 12.1 Å². The van der Waals surface area contributed by atoms with E-state index in [0.29, 0.717) is 22.6 Å². The van der Waals surface area contributed by atoms with Gasteiger partial charge in [-0.2, -0.15) is 0 Å². The van der Waals surface area contributed by atoms with Crippen molar-refractivity contribution >= 4 is 0 Å². The van der Waals surface area contributed by atoms with E-state index in [1.807, 2.05) is 0 Å². The van der Waals surface area contributed by atoms with Crippen molar-refractivity contribution in [2.24, 2.45) is 5.73 Å². The Labute approximate surface area is 115 Å². The van der Waals surface area contributed by atoms with Crippen LogP contribution < -0.4 is 15.2 Å². The van der Waals surface area contributed by atoms with Gasteiger partial charge in [0.25, 0.3) is 0 Å². The molecule has 2 aromatic carbocycles. The molecule has 0 aromatic heterocycles. The number of nitrogens with two attached hydrogens (primary N) is 1. The van der Waals surface area contributed by atoms with Gasteiger partial charge in [-0.15, -0.1) is 0 Å². The van der Waals surface area contributed by atoms with Gasteiger partial charge in [0, 0.05) is 0 Å². The van der Waals surface area contributed by atoms with Crippen molar-refractivity contribution in [3.05, 3.63) is 59.2 Å². The molecule has 2 N–H and O–H groups in total. The van der Waals surface area contributed by atoms with E-state index in [1.165, 1.54) is 20.3 Å². The number of hydrogen-bond donors (Lipinski definition) is 1. The molecule has 0 radical (unpaired) electrons. The van der Waals surface area contributed by atoms with E-state index >= 15 is 0 Å². The SMILES string of the molecule is COc1cccc(OC)c1C(N)c1ccc(F)c(F)c1. The zero-order valence-corrected chi connectivity index (χ0v) is 11.2. The molecule has 5 heteroatoms. The second-order valence-corrected chi connectivity index (χ2v) is 4.23. The number of rotatable bonds is 4. The van der Waals surface area contributed by atoms with Crippen LogP contribution in [0.1, 0.15) is 17.2 Å². The van der Waals surface area contributed by atoms with E-state index in [4.69, 9.17) is 15.2 Å². The van der Waals surface area contributed by atoms with Crippen molar-refractivity contribution in [3.8, 4) is 11.5 Å².